The highest BCUT2D eigenvalue weighted by atomic mass is 127. The Morgan fingerprint density at radius 1 is 1.55 bits per heavy atom. The summed E-state index contributed by atoms with van der Waals surface area (Å²) in [6, 6.07) is 5.21. The van der Waals surface area contributed by atoms with Gasteiger partial charge < -0.3 is 27.0 Å². The minimum absolute atomic E-state index is 0. The average molecular weight is 377 g/mol. The first kappa shape index (κ1) is 11.1. The van der Waals surface area contributed by atoms with Gasteiger partial charge in [0.1, 0.15) is 0 Å². The lowest BCUT2D eigenvalue weighted by molar-refractivity contribution is -0.382. The van der Waals surface area contributed by atoms with Crippen LogP contribution in [0.5, 0.6) is 0 Å². The number of carbonyl (C=O) groups excluding carboxylic acids is 1. The van der Waals surface area contributed by atoms with Gasteiger partial charge in [0.25, 0.3) is 5.69 Å². The number of hydrogen-bond acceptors (Lipinski definition) is 2. The van der Waals surface area contributed by atoms with Crippen molar-refractivity contribution in [2.45, 2.75) is 0 Å². The molecule has 1 heterocycles. The van der Waals surface area contributed by atoms with Gasteiger partial charge in [0.2, 0.25) is 0 Å². The molecule has 0 amide bonds. The summed E-state index contributed by atoms with van der Waals surface area (Å²) in [5, 5.41) is 0. The van der Waals surface area contributed by atoms with Crippen LogP contribution in [-0.4, -0.2) is 5.97 Å². The fourth-order valence-corrected chi connectivity index (χ4v) is 0.799. The topological polar surface area (TPSA) is 40.4 Å². The third-order valence-electron chi connectivity index (χ3n) is 0.999. The Balaban J connectivity index is 0.000001000. The molecule has 1 N–H and O–H groups in total. The molecule has 0 aliphatic heterocycles. The van der Waals surface area contributed by atoms with Crippen LogP contribution in [0.25, 0.3) is 0 Å². The Kier molecular flexibility index (Phi) is 5.74. The highest BCUT2D eigenvalue weighted by Gasteiger charge is 2.11. The molecular formula is C6H5I2NO2. The van der Waals surface area contributed by atoms with Gasteiger partial charge in [-0.1, -0.05) is 0 Å². The predicted octanol–water partition coefficient (Wildman–Crippen LogP) is -1.99. The van der Waals surface area contributed by atoms with Crippen LogP contribution in [0.4, 0.5) is 0 Å². The van der Waals surface area contributed by atoms with Gasteiger partial charge in [-0.3, -0.25) is 0 Å². The Bertz CT molecular complexity index is 227. The second kappa shape index (κ2) is 5.70. The van der Waals surface area contributed by atoms with Crippen LogP contribution in [0.1, 0.15) is 10.5 Å². The van der Waals surface area contributed by atoms with Gasteiger partial charge in [0.15, 0.2) is 29.2 Å². The second-order valence-corrected chi connectivity index (χ2v) is 2.08. The van der Waals surface area contributed by atoms with Crippen molar-refractivity contribution in [2.24, 2.45) is 0 Å². The van der Waals surface area contributed by atoms with Crippen molar-refractivity contribution in [1.82, 2.24) is 0 Å². The normalized spacial score (nSPS) is 8.09. The van der Waals surface area contributed by atoms with Gasteiger partial charge >= 0.3 is 5.97 Å². The Morgan fingerprint density at radius 3 is 2.73 bits per heavy atom. The maximum absolute atomic E-state index is 10.8. The summed E-state index contributed by atoms with van der Waals surface area (Å²) in [6.45, 7) is 0. The monoisotopic (exact) mass is 377 g/mol. The molecule has 0 spiro atoms. The van der Waals surface area contributed by atoms with E-state index in [-0.39, 0.29) is 29.9 Å². The van der Waals surface area contributed by atoms with Crippen molar-refractivity contribution in [2.75, 3.05) is 0 Å². The molecule has 0 bridgehead atoms. The van der Waals surface area contributed by atoms with E-state index < -0.39 is 0 Å². The number of carbonyl (C=O) groups is 1. The van der Waals surface area contributed by atoms with E-state index in [0.29, 0.717) is 5.69 Å². The predicted molar refractivity (Wildman–Crippen MR) is 42.4 cm³/mol. The first-order valence-corrected chi connectivity index (χ1v) is 3.52. The third kappa shape index (κ3) is 3.32. The third-order valence-corrected chi connectivity index (χ3v) is 1.40. The van der Waals surface area contributed by atoms with E-state index in [1.165, 1.54) is 0 Å². The van der Waals surface area contributed by atoms with Crippen LogP contribution < -0.4 is 29.0 Å². The van der Waals surface area contributed by atoms with E-state index in [4.69, 9.17) is 0 Å². The van der Waals surface area contributed by atoms with E-state index >= 15 is 0 Å². The highest BCUT2D eigenvalue weighted by molar-refractivity contribution is 14.1. The number of pyridine rings is 1. The maximum atomic E-state index is 10.8. The molecule has 0 saturated carbocycles. The second-order valence-electron chi connectivity index (χ2n) is 1.64. The zero-order valence-electron chi connectivity index (χ0n) is 5.38. The van der Waals surface area contributed by atoms with Gasteiger partial charge in [-0.25, -0.2) is 9.78 Å². The minimum atomic E-state index is -0.360. The van der Waals surface area contributed by atoms with Crippen LogP contribution in [-0.2, 0) is 3.07 Å². The van der Waals surface area contributed by atoms with Crippen LogP contribution in [0, 0.1) is 0 Å². The molecule has 0 fully saturated rings. The Labute approximate surface area is 95.2 Å². The number of aromatic amines is 1. The van der Waals surface area contributed by atoms with Crippen molar-refractivity contribution in [3.8, 4) is 0 Å². The first-order valence-electron chi connectivity index (χ1n) is 2.64. The molecule has 1 aromatic heterocycles. The summed E-state index contributed by atoms with van der Waals surface area (Å²) in [6.07, 6.45) is 1.67. The summed E-state index contributed by atoms with van der Waals surface area (Å²) >= 11 is 1.55. The molecule has 0 atom stereocenters. The summed E-state index contributed by atoms with van der Waals surface area (Å²) in [5.41, 5.74) is 0.455. The van der Waals surface area contributed by atoms with Crippen molar-refractivity contribution in [1.29, 1.82) is 0 Å². The molecule has 1 rings (SSSR count). The molecule has 5 heteroatoms. The zero-order valence-corrected chi connectivity index (χ0v) is 9.70. The first-order chi connectivity index (χ1) is 4.84. The standard InChI is InChI=1S/C6H4INO2.HI/c7-10-6(9)5-3-1-2-4-8-5;/h1-4H;1H. The molecule has 0 aliphatic rings. The quantitative estimate of drug-likeness (QED) is 0.533. The number of nitrogens with one attached hydrogen (secondary N) is 1. The molecule has 0 unspecified atom stereocenters. The summed E-state index contributed by atoms with van der Waals surface area (Å²) in [5.74, 6) is -0.360. The molecule has 1 aromatic rings. The molecule has 0 radical (unpaired) electrons. The fraction of sp³-hybridized carbons (Fsp3) is 0. The molecule has 3 nitrogen and oxygen atoms in total. The van der Waals surface area contributed by atoms with Gasteiger partial charge in [-0.2, -0.15) is 0 Å². The lowest BCUT2D eigenvalue weighted by atomic mass is 10.4. The van der Waals surface area contributed by atoms with Crippen LogP contribution in [0.2, 0.25) is 0 Å². The Hall–Kier alpha value is 0.0800. The highest BCUT2D eigenvalue weighted by Crippen LogP contribution is 1.95. The molecular weight excluding hydrogens is 372 g/mol. The largest absolute Gasteiger partial charge is 1.00 e. The van der Waals surface area contributed by atoms with Gasteiger partial charge in [0.05, 0.1) is 0 Å². The summed E-state index contributed by atoms with van der Waals surface area (Å²) < 4.78 is 4.44. The molecule has 0 saturated heterocycles. The van der Waals surface area contributed by atoms with Crippen LogP contribution in [0.3, 0.4) is 0 Å². The molecule has 0 aliphatic carbocycles. The van der Waals surface area contributed by atoms with E-state index in [1.54, 1.807) is 47.4 Å². The lowest BCUT2D eigenvalue weighted by Crippen LogP contribution is -3.00. The summed E-state index contributed by atoms with van der Waals surface area (Å²) in [4.78, 5) is 13.5. The maximum Gasteiger partial charge on any atom is 0.412 e. The minimum Gasteiger partial charge on any atom is -1.00 e. The number of hydrogen-bond donors (Lipinski definition) is 0. The number of H-pyrrole nitrogens is 1. The van der Waals surface area contributed by atoms with E-state index in [2.05, 4.69) is 8.05 Å². The zero-order chi connectivity index (χ0) is 7.40. The van der Waals surface area contributed by atoms with Crippen LogP contribution in [0.15, 0.2) is 24.4 Å². The summed E-state index contributed by atoms with van der Waals surface area (Å²) in [7, 11) is 0. The number of rotatable bonds is 1. The number of halogens is 2. The number of aromatic nitrogens is 1. The molecule has 60 valence electrons. The molecule has 0 aromatic carbocycles. The molecule has 11 heavy (non-hydrogen) atoms. The van der Waals surface area contributed by atoms with Crippen molar-refractivity contribution in [3.63, 3.8) is 0 Å². The van der Waals surface area contributed by atoms with Crippen molar-refractivity contribution >= 4 is 29.0 Å². The van der Waals surface area contributed by atoms with Gasteiger partial charge in [-0.15, -0.1) is 0 Å². The van der Waals surface area contributed by atoms with Crippen molar-refractivity contribution < 1.29 is 36.8 Å². The smallest absolute Gasteiger partial charge is 0.412 e. The van der Waals surface area contributed by atoms with E-state index in [0.717, 1.165) is 0 Å². The SMILES string of the molecule is O=C(OI)c1cccc[nH+]1.[I-]. The lowest BCUT2D eigenvalue weighted by Gasteiger charge is -1.86. The van der Waals surface area contributed by atoms with Crippen molar-refractivity contribution in [3.05, 3.63) is 30.1 Å². The van der Waals surface area contributed by atoms with E-state index in [9.17, 15) is 4.79 Å². The van der Waals surface area contributed by atoms with Crippen LogP contribution >= 0.6 is 23.0 Å². The van der Waals surface area contributed by atoms with E-state index in [1.807, 2.05) is 0 Å². The van der Waals surface area contributed by atoms with Gasteiger partial charge in [-0.05, 0) is 6.07 Å². The fourth-order valence-electron chi connectivity index (χ4n) is 0.562. The van der Waals surface area contributed by atoms with Gasteiger partial charge in [0, 0.05) is 12.1 Å². The Morgan fingerprint density at radius 2 is 2.27 bits per heavy atom. The average Bonchev–Trinajstić information content (AvgIpc) is 2.05.